The first-order valence-corrected chi connectivity index (χ1v) is 8.68. The number of thiocarbonyl (C=S) groups is 1. The topological polar surface area (TPSA) is 87.1 Å². The van der Waals surface area contributed by atoms with E-state index in [1.165, 1.54) is 28.8 Å². The molecule has 0 bridgehead atoms. The average Bonchev–Trinajstić information content (AvgIpc) is 2.89. The molecule has 2 aromatic carbocycles. The Labute approximate surface area is 158 Å². The largest absolute Gasteiger partial charge is 0.508 e. The number of amides is 1. The van der Waals surface area contributed by atoms with Gasteiger partial charge < -0.3 is 14.9 Å². The lowest BCUT2D eigenvalue weighted by Gasteiger charge is -2.14. The van der Waals surface area contributed by atoms with Crippen LogP contribution >= 0.6 is 24.0 Å². The van der Waals surface area contributed by atoms with Gasteiger partial charge in [-0.25, -0.2) is 4.79 Å². The fourth-order valence-corrected chi connectivity index (χ4v) is 3.55. The zero-order valence-corrected chi connectivity index (χ0v) is 14.9. The van der Waals surface area contributed by atoms with Crippen LogP contribution in [0.25, 0.3) is 6.08 Å². The van der Waals surface area contributed by atoms with Crippen LogP contribution in [0.15, 0.2) is 53.4 Å². The fraction of sp³-hybridized carbons (Fsp3) is 0.0556. The van der Waals surface area contributed by atoms with Crippen LogP contribution in [0.5, 0.6) is 11.5 Å². The van der Waals surface area contributed by atoms with Crippen molar-refractivity contribution >= 4 is 51.9 Å². The predicted molar refractivity (Wildman–Crippen MR) is 103 cm³/mol. The molecular weight excluding hydrogens is 374 g/mol. The van der Waals surface area contributed by atoms with Gasteiger partial charge in [-0.2, -0.15) is 0 Å². The number of phenols is 1. The zero-order valence-electron chi connectivity index (χ0n) is 13.3. The highest BCUT2D eigenvalue weighted by Crippen LogP contribution is 2.36. The van der Waals surface area contributed by atoms with E-state index in [1.807, 2.05) is 0 Å². The van der Waals surface area contributed by atoms with Crippen molar-refractivity contribution < 1.29 is 24.5 Å². The lowest BCUT2D eigenvalue weighted by Crippen LogP contribution is -2.27. The van der Waals surface area contributed by atoms with Gasteiger partial charge >= 0.3 is 5.97 Å². The molecule has 1 aliphatic rings. The third kappa shape index (κ3) is 4.04. The summed E-state index contributed by atoms with van der Waals surface area (Å²) in [4.78, 5) is 25.0. The molecule has 6 nitrogen and oxygen atoms in total. The first-order valence-electron chi connectivity index (χ1n) is 7.46. The standard InChI is InChI=1S/C18H13NO5S2/c20-13-5-3-12(4-6-13)19-17(23)15(26-18(19)25)9-11-1-7-14(8-2-11)24-10-16(21)22/h1-9,20H,10H2,(H,21,22)/b15-9+. The molecule has 8 heteroatoms. The molecule has 0 atom stereocenters. The molecule has 2 aromatic rings. The van der Waals surface area contributed by atoms with Gasteiger partial charge in [0.05, 0.1) is 10.6 Å². The third-order valence-electron chi connectivity index (χ3n) is 3.44. The number of ether oxygens (including phenoxy) is 1. The van der Waals surface area contributed by atoms with Crippen LogP contribution in [-0.4, -0.2) is 33.0 Å². The van der Waals surface area contributed by atoms with E-state index in [0.29, 0.717) is 20.7 Å². The van der Waals surface area contributed by atoms with Gasteiger partial charge in [-0.3, -0.25) is 9.69 Å². The maximum atomic E-state index is 12.6. The molecule has 3 rings (SSSR count). The van der Waals surface area contributed by atoms with E-state index in [-0.39, 0.29) is 11.7 Å². The van der Waals surface area contributed by atoms with Gasteiger partial charge in [0.1, 0.15) is 11.5 Å². The molecule has 0 saturated carbocycles. The van der Waals surface area contributed by atoms with Crippen LogP contribution in [0.1, 0.15) is 5.56 Å². The van der Waals surface area contributed by atoms with E-state index in [4.69, 9.17) is 22.1 Å². The van der Waals surface area contributed by atoms with Crippen molar-refractivity contribution in [2.75, 3.05) is 11.5 Å². The molecule has 1 aliphatic heterocycles. The number of aromatic hydroxyl groups is 1. The average molecular weight is 387 g/mol. The number of carbonyl (C=O) groups excluding carboxylic acids is 1. The van der Waals surface area contributed by atoms with E-state index < -0.39 is 12.6 Å². The van der Waals surface area contributed by atoms with Crippen molar-refractivity contribution in [1.29, 1.82) is 0 Å². The Morgan fingerprint density at radius 1 is 1.15 bits per heavy atom. The van der Waals surface area contributed by atoms with Crippen molar-refractivity contribution in [2.24, 2.45) is 0 Å². The van der Waals surface area contributed by atoms with E-state index in [2.05, 4.69) is 0 Å². The van der Waals surface area contributed by atoms with Gasteiger partial charge in [-0.05, 0) is 48.0 Å². The van der Waals surface area contributed by atoms with E-state index in [9.17, 15) is 14.7 Å². The number of hydrogen-bond donors (Lipinski definition) is 2. The molecule has 1 heterocycles. The monoisotopic (exact) mass is 387 g/mol. The number of anilines is 1. The summed E-state index contributed by atoms with van der Waals surface area (Å²) < 4.78 is 5.48. The molecule has 2 N–H and O–H groups in total. The molecule has 0 aromatic heterocycles. The highest BCUT2D eigenvalue weighted by Gasteiger charge is 2.33. The van der Waals surface area contributed by atoms with Crippen molar-refractivity contribution in [3.05, 3.63) is 59.0 Å². The number of carboxylic acid groups (broad SMARTS) is 1. The Morgan fingerprint density at radius 2 is 1.81 bits per heavy atom. The summed E-state index contributed by atoms with van der Waals surface area (Å²) in [5.41, 5.74) is 1.35. The summed E-state index contributed by atoms with van der Waals surface area (Å²) in [5.74, 6) is -0.745. The summed E-state index contributed by atoms with van der Waals surface area (Å²) in [7, 11) is 0. The number of thioether (sulfide) groups is 1. The number of hydrogen-bond acceptors (Lipinski definition) is 6. The first kappa shape index (κ1) is 18.0. The van der Waals surface area contributed by atoms with Gasteiger partial charge in [-0.15, -0.1) is 0 Å². The lowest BCUT2D eigenvalue weighted by molar-refractivity contribution is -0.139. The second-order valence-corrected chi connectivity index (χ2v) is 6.96. The number of carboxylic acids is 1. The molecule has 132 valence electrons. The maximum Gasteiger partial charge on any atom is 0.341 e. The number of carbonyl (C=O) groups is 2. The first-order chi connectivity index (χ1) is 12.4. The summed E-state index contributed by atoms with van der Waals surface area (Å²) in [6.45, 7) is -0.412. The molecule has 0 unspecified atom stereocenters. The highest BCUT2D eigenvalue weighted by atomic mass is 32.2. The van der Waals surface area contributed by atoms with Crippen LogP contribution < -0.4 is 9.64 Å². The summed E-state index contributed by atoms with van der Waals surface area (Å²) >= 11 is 6.49. The van der Waals surface area contributed by atoms with Crippen molar-refractivity contribution in [3.63, 3.8) is 0 Å². The van der Waals surface area contributed by atoms with E-state index >= 15 is 0 Å². The van der Waals surface area contributed by atoms with Crippen LogP contribution in [0, 0.1) is 0 Å². The van der Waals surface area contributed by atoms with Crippen LogP contribution in [0.3, 0.4) is 0 Å². The quantitative estimate of drug-likeness (QED) is 0.601. The Bertz CT molecular complexity index is 891. The second-order valence-electron chi connectivity index (χ2n) is 5.28. The molecule has 26 heavy (non-hydrogen) atoms. The highest BCUT2D eigenvalue weighted by molar-refractivity contribution is 8.27. The van der Waals surface area contributed by atoms with E-state index in [0.717, 1.165) is 5.56 Å². The zero-order chi connectivity index (χ0) is 18.7. The van der Waals surface area contributed by atoms with Crippen LogP contribution in [0.2, 0.25) is 0 Å². The van der Waals surface area contributed by atoms with Crippen LogP contribution in [0.4, 0.5) is 5.69 Å². The van der Waals surface area contributed by atoms with Gasteiger partial charge in [0, 0.05) is 0 Å². The van der Waals surface area contributed by atoms with Crippen molar-refractivity contribution in [2.45, 2.75) is 0 Å². The molecule has 0 aliphatic carbocycles. The summed E-state index contributed by atoms with van der Waals surface area (Å²) in [5, 5.41) is 18.0. The number of phenolic OH excluding ortho intramolecular Hbond substituents is 1. The number of rotatable bonds is 5. The van der Waals surface area contributed by atoms with Gasteiger partial charge in [-0.1, -0.05) is 36.1 Å². The second kappa shape index (κ2) is 7.59. The Morgan fingerprint density at radius 3 is 2.42 bits per heavy atom. The van der Waals surface area contributed by atoms with Gasteiger partial charge in [0.25, 0.3) is 5.91 Å². The molecule has 1 saturated heterocycles. The third-order valence-corrected chi connectivity index (χ3v) is 4.74. The lowest BCUT2D eigenvalue weighted by atomic mass is 10.2. The Kier molecular flexibility index (Phi) is 5.24. The Hall–Kier alpha value is -2.84. The molecule has 0 radical (unpaired) electrons. The van der Waals surface area contributed by atoms with Gasteiger partial charge in [0.15, 0.2) is 10.9 Å². The minimum Gasteiger partial charge on any atom is -0.508 e. The smallest absolute Gasteiger partial charge is 0.341 e. The van der Waals surface area contributed by atoms with Crippen molar-refractivity contribution in [1.82, 2.24) is 0 Å². The minimum atomic E-state index is -1.05. The summed E-state index contributed by atoms with van der Waals surface area (Å²) in [6, 6.07) is 13.0. The van der Waals surface area contributed by atoms with Crippen molar-refractivity contribution in [3.8, 4) is 11.5 Å². The normalized spacial score (nSPS) is 15.5. The van der Waals surface area contributed by atoms with Gasteiger partial charge in [0.2, 0.25) is 0 Å². The predicted octanol–water partition coefficient (Wildman–Crippen LogP) is 3.26. The Balaban J connectivity index is 1.77. The summed E-state index contributed by atoms with van der Waals surface area (Å²) in [6.07, 6.45) is 1.71. The van der Waals surface area contributed by atoms with Crippen LogP contribution in [-0.2, 0) is 9.59 Å². The maximum absolute atomic E-state index is 12.6. The fourth-order valence-electron chi connectivity index (χ4n) is 2.25. The molecular formula is C18H13NO5S2. The molecule has 0 spiro atoms. The minimum absolute atomic E-state index is 0.111. The number of benzene rings is 2. The molecule has 1 amide bonds. The molecule has 1 fully saturated rings. The number of aliphatic carboxylic acids is 1. The SMILES string of the molecule is O=C(O)COc1ccc(/C=C2/SC(=S)N(c3ccc(O)cc3)C2=O)cc1. The van der Waals surface area contributed by atoms with E-state index in [1.54, 1.807) is 42.5 Å². The number of nitrogens with zero attached hydrogens (tertiary/aromatic N) is 1.